The zero-order valence-corrected chi connectivity index (χ0v) is 9.32. The van der Waals surface area contributed by atoms with Crippen LogP contribution in [0.4, 0.5) is 0 Å². The minimum Gasteiger partial charge on any atom is -0.395 e. The van der Waals surface area contributed by atoms with Crippen molar-refractivity contribution in [1.29, 1.82) is 0 Å². The summed E-state index contributed by atoms with van der Waals surface area (Å²) in [5.74, 6) is 0. The van der Waals surface area contributed by atoms with Crippen molar-refractivity contribution >= 4 is 0 Å². The molecule has 0 amide bonds. The number of piperidine rings is 1. The van der Waals surface area contributed by atoms with Crippen LogP contribution in [-0.2, 0) is 0 Å². The highest BCUT2D eigenvalue weighted by Crippen LogP contribution is 2.13. The van der Waals surface area contributed by atoms with Crippen molar-refractivity contribution in [1.82, 2.24) is 9.80 Å². The van der Waals surface area contributed by atoms with Crippen molar-refractivity contribution in [3.8, 4) is 0 Å². The number of nitrogens with two attached hydrogens (primary N) is 1. The quantitative estimate of drug-likeness (QED) is 0.633. The van der Waals surface area contributed by atoms with E-state index < -0.39 is 0 Å². The van der Waals surface area contributed by atoms with Gasteiger partial charge in [-0.05, 0) is 40.0 Å². The molecule has 1 aliphatic rings. The van der Waals surface area contributed by atoms with E-state index in [4.69, 9.17) is 10.8 Å². The lowest BCUT2D eigenvalue weighted by Crippen LogP contribution is -2.47. The lowest BCUT2D eigenvalue weighted by atomic mass is 10.0. The van der Waals surface area contributed by atoms with Crippen molar-refractivity contribution < 1.29 is 5.11 Å². The minimum absolute atomic E-state index is 0.0803. The third kappa shape index (κ3) is 3.53. The number of likely N-dealkylation sites (tertiary alicyclic amines) is 1. The van der Waals surface area contributed by atoms with E-state index in [1.54, 1.807) is 0 Å². The second-order valence-electron chi connectivity index (χ2n) is 4.42. The van der Waals surface area contributed by atoms with E-state index >= 15 is 0 Å². The molecule has 0 aromatic rings. The van der Waals surface area contributed by atoms with Gasteiger partial charge in [0.1, 0.15) is 0 Å². The van der Waals surface area contributed by atoms with Crippen molar-refractivity contribution in [3.63, 3.8) is 0 Å². The number of rotatable bonds is 4. The van der Waals surface area contributed by atoms with Crippen molar-refractivity contribution in [2.24, 2.45) is 5.73 Å². The Morgan fingerprint density at radius 2 is 2.07 bits per heavy atom. The Hall–Kier alpha value is -0.160. The molecule has 3 N–H and O–H groups in total. The predicted molar refractivity (Wildman–Crippen MR) is 58.2 cm³/mol. The summed E-state index contributed by atoms with van der Waals surface area (Å²) in [7, 11) is 4.27. The second-order valence-corrected chi connectivity index (χ2v) is 4.42. The molecule has 0 bridgehead atoms. The first-order valence-corrected chi connectivity index (χ1v) is 5.38. The monoisotopic (exact) mass is 201 g/mol. The topological polar surface area (TPSA) is 52.7 Å². The Bertz CT molecular complexity index is 157. The lowest BCUT2D eigenvalue weighted by Gasteiger charge is -2.35. The molecule has 4 heteroatoms. The number of hydrogen-bond acceptors (Lipinski definition) is 4. The number of aliphatic hydroxyl groups excluding tert-OH is 1. The highest BCUT2D eigenvalue weighted by atomic mass is 16.3. The average Bonchev–Trinajstić information content (AvgIpc) is 2.18. The summed E-state index contributed by atoms with van der Waals surface area (Å²) in [6.45, 7) is 3.22. The van der Waals surface area contributed by atoms with Crippen LogP contribution in [0.3, 0.4) is 0 Å². The summed E-state index contributed by atoms with van der Waals surface area (Å²) in [4.78, 5) is 4.64. The molecule has 1 saturated heterocycles. The van der Waals surface area contributed by atoms with Crippen LogP contribution >= 0.6 is 0 Å². The second kappa shape index (κ2) is 5.66. The zero-order valence-electron chi connectivity index (χ0n) is 9.32. The maximum absolute atomic E-state index is 8.86. The molecule has 14 heavy (non-hydrogen) atoms. The van der Waals surface area contributed by atoms with Crippen molar-refractivity contribution in [2.75, 3.05) is 40.3 Å². The molecule has 0 spiro atoms. The highest BCUT2D eigenvalue weighted by Gasteiger charge is 2.21. The van der Waals surface area contributed by atoms with Crippen LogP contribution in [0.25, 0.3) is 0 Å². The van der Waals surface area contributed by atoms with Gasteiger partial charge >= 0.3 is 0 Å². The summed E-state index contributed by atoms with van der Waals surface area (Å²) in [5.41, 5.74) is 5.71. The first kappa shape index (κ1) is 11.9. The Kier molecular flexibility index (Phi) is 4.81. The van der Waals surface area contributed by atoms with E-state index in [0.29, 0.717) is 6.04 Å². The maximum Gasteiger partial charge on any atom is 0.0595 e. The van der Waals surface area contributed by atoms with Gasteiger partial charge in [0, 0.05) is 18.6 Å². The van der Waals surface area contributed by atoms with E-state index in [1.165, 1.54) is 25.9 Å². The summed E-state index contributed by atoms with van der Waals surface area (Å²) in [6, 6.07) is 0.545. The van der Waals surface area contributed by atoms with Gasteiger partial charge in [0.05, 0.1) is 6.61 Å². The summed E-state index contributed by atoms with van der Waals surface area (Å²) in [5, 5.41) is 8.86. The van der Waals surface area contributed by atoms with Crippen molar-refractivity contribution in [3.05, 3.63) is 0 Å². The summed E-state index contributed by atoms with van der Waals surface area (Å²) in [6.07, 6.45) is 2.43. The molecule has 1 unspecified atom stereocenters. The Labute approximate surface area is 86.7 Å². The SMILES string of the molecule is CN1CCC(N(C)CC(N)CO)CC1. The first-order valence-electron chi connectivity index (χ1n) is 5.38. The average molecular weight is 201 g/mol. The number of aliphatic hydroxyl groups is 1. The van der Waals surface area contributed by atoms with Gasteiger partial charge in [-0.2, -0.15) is 0 Å². The largest absolute Gasteiger partial charge is 0.395 e. The number of hydrogen-bond donors (Lipinski definition) is 2. The number of likely N-dealkylation sites (N-methyl/N-ethyl adjacent to an activating group) is 1. The number of nitrogens with zero attached hydrogens (tertiary/aromatic N) is 2. The van der Waals surface area contributed by atoms with E-state index in [2.05, 4.69) is 23.9 Å². The summed E-state index contributed by atoms with van der Waals surface area (Å²) >= 11 is 0. The zero-order chi connectivity index (χ0) is 10.6. The van der Waals surface area contributed by atoms with Gasteiger partial charge in [-0.1, -0.05) is 0 Å². The molecule has 1 fully saturated rings. The van der Waals surface area contributed by atoms with Crippen LogP contribution in [-0.4, -0.2) is 67.3 Å². The molecule has 1 rings (SSSR count). The smallest absolute Gasteiger partial charge is 0.0595 e. The van der Waals surface area contributed by atoms with Gasteiger partial charge in [-0.25, -0.2) is 0 Å². The van der Waals surface area contributed by atoms with Gasteiger partial charge in [-0.3, -0.25) is 0 Å². The highest BCUT2D eigenvalue weighted by molar-refractivity contribution is 4.78. The maximum atomic E-state index is 8.86. The minimum atomic E-state index is -0.0975. The van der Waals surface area contributed by atoms with Gasteiger partial charge in [0.15, 0.2) is 0 Å². The van der Waals surface area contributed by atoms with Crippen LogP contribution in [0.2, 0.25) is 0 Å². The van der Waals surface area contributed by atoms with Crippen LogP contribution in [0.15, 0.2) is 0 Å². The van der Waals surface area contributed by atoms with Crippen LogP contribution in [0, 0.1) is 0 Å². The van der Waals surface area contributed by atoms with Gasteiger partial charge in [-0.15, -0.1) is 0 Å². The molecule has 0 radical (unpaired) electrons. The normalized spacial score (nSPS) is 22.9. The summed E-state index contributed by atoms with van der Waals surface area (Å²) < 4.78 is 0. The Balaban J connectivity index is 2.26. The molecule has 4 nitrogen and oxygen atoms in total. The van der Waals surface area contributed by atoms with E-state index in [9.17, 15) is 0 Å². The molecule has 0 aliphatic carbocycles. The van der Waals surface area contributed by atoms with E-state index in [-0.39, 0.29) is 12.6 Å². The molecule has 84 valence electrons. The van der Waals surface area contributed by atoms with Crippen molar-refractivity contribution in [2.45, 2.75) is 24.9 Å². The van der Waals surface area contributed by atoms with Gasteiger partial charge < -0.3 is 20.6 Å². The van der Waals surface area contributed by atoms with E-state index in [0.717, 1.165) is 6.54 Å². The lowest BCUT2D eigenvalue weighted by molar-refractivity contribution is 0.127. The molecule has 0 aromatic carbocycles. The van der Waals surface area contributed by atoms with Gasteiger partial charge in [0.25, 0.3) is 0 Å². The third-order valence-corrected chi connectivity index (χ3v) is 3.07. The Morgan fingerprint density at radius 3 is 2.57 bits per heavy atom. The molecular formula is C10H23N3O. The third-order valence-electron chi connectivity index (χ3n) is 3.07. The predicted octanol–water partition coefficient (Wildman–Crippen LogP) is -0.668. The van der Waals surface area contributed by atoms with Crippen LogP contribution < -0.4 is 5.73 Å². The van der Waals surface area contributed by atoms with Crippen LogP contribution in [0.1, 0.15) is 12.8 Å². The molecular weight excluding hydrogens is 178 g/mol. The molecule has 1 heterocycles. The molecule has 1 atom stereocenters. The molecule has 0 aromatic heterocycles. The van der Waals surface area contributed by atoms with E-state index in [1.807, 2.05) is 0 Å². The van der Waals surface area contributed by atoms with Gasteiger partial charge in [0.2, 0.25) is 0 Å². The molecule has 0 saturated carbocycles. The standard InChI is InChI=1S/C10H23N3O/c1-12-5-3-10(4-6-12)13(2)7-9(11)8-14/h9-10,14H,3-8,11H2,1-2H3. The fourth-order valence-electron chi connectivity index (χ4n) is 2.01. The fourth-order valence-corrected chi connectivity index (χ4v) is 2.01. The Morgan fingerprint density at radius 1 is 1.50 bits per heavy atom. The molecule has 1 aliphatic heterocycles. The first-order chi connectivity index (χ1) is 6.63. The van der Waals surface area contributed by atoms with Crippen LogP contribution in [0.5, 0.6) is 0 Å². The fraction of sp³-hybridized carbons (Fsp3) is 1.00.